The third-order valence-electron chi connectivity index (χ3n) is 3.40. The fourth-order valence-corrected chi connectivity index (χ4v) is 4.06. The smallest absolute Gasteiger partial charge is 0.220 e. The molecule has 1 aromatic carbocycles. The summed E-state index contributed by atoms with van der Waals surface area (Å²) in [6.45, 7) is 0.702. The van der Waals surface area contributed by atoms with E-state index in [4.69, 9.17) is 27.4 Å². The lowest BCUT2D eigenvalue weighted by Gasteiger charge is -2.28. The van der Waals surface area contributed by atoms with Gasteiger partial charge in [-0.1, -0.05) is 12.2 Å². The first-order chi connectivity index (χ1) is 9.87. The molecule has 2 rings (SSSR count). The van der Waals surface area contributed by atoms with Crippen LogP contribution in [0.3, 0.4) is 0 Å². The minimum atomic E-state index is -3.47. The van der Waals surface area contributed by atoms with E-state index in [1.54, 1.807) is 14.2 Å². The number of thiocarbonyl (C=S) groups is 1. The van der Waals surface area contributed by atoms with Crippen molar-refractivity contribution in [3.8, 4) is 11.5 Å². The van der Waals surface area contributed by atoms with Gasteiger partial charge in [0.05, 0.1) is 19.2 Å². The Kier molecular flexibility index (Phi) is 4.70. The van der Waals surface area contributed by atoms with Crippen LogP contribution in [0.1, 0.15) is 11.1 Å². The number of nitrogens with two attached hydrogens (primary N) is 1. The zero-order valence-electron chi connectivity index (χ0n) is 12.0. The molecule has 6 nitrogen and oxygen atoms in total. The van der Waals surface area contributed by atoms with Crippen molar-refractivity contribution >= 4 is 27.2 Å². The first-order valence-electron chi connectivity index (χ1n) is 6.37. The molecular weight excluding hydrogens is 312 g/mol. The third-order valence-corrected chi connectivity index (χ3v) is 5.50. The molecule has 0 saturated carbocycles. The Balaban J connectivity index is 2.30. The molecule has 1 aliphatic rings. The molecule has 0 amide bonds. The van der Waals surface area contributed by atoms with Crippen molar-refractivity contribution in [2.24, 2.45) is 5.73 Å². The van der Waals surface area contributed by atoms with Crippen LogP contribution < -0.4 is 15.2 Å². The largest absolute Gasteiger partial charge is 0.493 e. The number of nitrogens with zero attached hydrogens (tertiary/aromatic N) is 1. The van der Waals surface area contributed by atoms with Gasteiger partial charge in [-0.05, 0) is 29.7 Å². The predicted molar refractivity (Wildman–Crippen MR) is 84.2 cm³/mol. The summed E-state index contributed by atoms with van der Waals surface area (Å²) in [4.78, 5) is -0.0203. The van der Waals surface area contributed by atoms with E-state index in [1.807, 2.05) is 12.1 Å². The molecule has 116 valence electrons. The van der Waals surface area contributed by atoms with Gasteiger partial charge in [-0.25, -0.2) is 8.42 Å². The normalized spacial score (nSPS) is 15.3. The molecule has 2 N–H and O–H groups in total. The highest BCUT2D eigenvalue weighted by Gasteiger charge is 2.28. The molecule has 1 heterocycles. The Hall–Kier alpha value is -1.38. The minimum Gasteiger partial charge on any atom is -0.493 e. The van der Waals surface area contributed by atoms with Crippen molar-refractivity contribution in [1.29, 1.82) is 0 Å². The van der Waals surface area contributed by atoms with Crippen LogP contribution in [0.5, 0.6) is 11.5 Å². The zero-order chi connectivity index (χ0) is 15.6. The molecule has 0 fully saturated rings. The van der Waals surface area contributed by atoms with Crippen molar-refractivity contribution in [2.45, 2.75) is 13.0 Å². The molecule has 1 aliphatic heterocycles. The van der Waals surface area contributed by atoms with Crippen molar-refractivity contribution in [2.75, 3.05) is 26.5 Å². The summed E-state index contributed by atoms with van der Waals surface area (Å²) in [7, 11) is -0.340. The maximum Gasteiger partial charge on any atom is 0.220 e. The van der Waals surface area contributed by atoms with Gasteiger partial charge in [-0.3, -0.25) is 0 Å². The SMILES string of the molecule is COc1cc2c(cc1OC)CN(S(=O)(=O)CC(N)=S)CC2. The molecule has 0 spiro atoms. The van der Waals surface area contributed by atoms with E-state index in [0.29, 0.717) is 31.0 Å². The van der Waals surface area contributed by atoms with Gasteiger partial charge < -0.3 is 15.2 Å². The van der Waals surface area contributed by atoms with E-state index in [-0.39, 0.29) is 10.7 Å². The number of fused-ring (bicyclic) bond motifs is 1. The summed E-state index contributed by atoms with van der Waals surface area (Å²) in [5.41, 5.74) is 7.32. The molecule has 0 aliphatic carbocycles. The monoisotopic (exact) mass is 330 g/mol. The van der Waals surface area contributed by atoms with Crippen molar-refractivity contribution in [3.63, 3.8) is 0 Å². The van der Waals surface area contributed by atoms with Crippen LogP contribution in [-0.4, -0.2) is 44.2 Å². The first kappa shape index (κ1) is 16.0. The molecular formula is C13H18N2O4S2. The second kappa shape index (κ2) is 6.17. The Morgan fingerprint density at radius 3 is 2.38 bits per heavy atom. The summed E-state index contributed by atoms with van der Waals surface area (Å²) in [5.74, 6) is 0.936. The summed E-state index contributed by atoms with van der Waals surface area (Å²) in [5, 5.41) is 0. The van der Waals surface area contributed by atoms with Crippen LogP contribution >= 0.6 is 12.2 Å². The molecule has 0 saturated heterocycles. The number of hydrogen-bond acceptors (Lipinski definition) is 5. The zero-order valence-corrected chi connectivity index (χ0v) is 13.6. The lowest BCUT2D eigenvalue weighted by atomic mass is 10.0. The minimum absolute atomic E-state index is 0.0203. The van der Waals surface area contributed by atoms with Crippen LogP contribution in [-0.2, 0) is 23.0 Å². The standard InChI is InChI=1S/C13H18N2O4S2/c1-18-11-5-9-3-4-15(21(16,17)8-13(14)20)7-10(9)6-12(11)19-2/h5-6H,3-4,7-8H2,1-2H3,(H2,14,20). The van der Waals surface area contributed by atoms with Crippen LogP contribution in [0, 0.1) is 0 Å². The van der Waals surface area contributed by atoms with E-state index in [0.717, 1.165) is 11.1 Å². The molecule has 0 bridgehead atoms. The molecule has 8 heteroatoms. The number of rotatable bonds is 5. The molecule has 0 aromatic heterocycles. The number of ether oxygens (including phenoxy) is 2. The lowest BCUT2D eigenvalue weighted by Crippen LogP contribution is -2.40. The maximum atomic E-state index is 12.2. The van der Waals surface area contributed by atoms with Gasteiger partial charge in [-0.15, -0.1) is 0 Å². The van der Waals surface area contributed by atoms with E-state index in [2.05, 4.69) is 0 Å². The van der Waals surface area contributed by atoms with Crippen molar-refractivity contribution < 1.29 is 17.9 Å². The van der Waals surface area contributed by atoms with Crippen LogP contribution in [0.2, 0.25) is 0 Å². The number of sulfonamides is 1. The summed E-state index contributed by atoms with van der Waals surface area (Å²) < 4.78 is 36.3. The van der Waals surface area contributed by atoms with Crippen molar-refractivity contribution in [3.05, 3.63) is 23.3 Å². The molecule has 21 heavy (non-hydrogen) atoms. The van der Waals surface area contributed by atoms with Gasteiger partial charge in [0.25, 0.3) is 0 Å². The summed E-state index contributed by atoms with van der Waals surface area (Å²) in [6.07, 6.45) is 0.617. The predicted octanol–water partition coefficient (Wildman–Crippen LogP) is 0.678. The molecule has 0 atom stereocenters. The van der Waals surface area contributed by atoms with Gasteiger partial charge in [0, 0.05) is 13.1 Å². The molecule has 1 aromatic rings. The Bertz CT molecular complexity index is 658. The van der Waals surface area contributed by atoms with E-state index in [9.17, 15) is 8.42 Å². The fraction of sp³-hybridized carbons (Fsp3) is 0.462. The van der Waals surface area contributed by atoms with Crippen LogP contribution in [0.4, 0.5) is 0 Å². The van der Waals surface area contributed by atoms with Crippen LogP contribution in [0.15, 0.2) is 12.1 Å². The first-order valence-corrected chi connectivity index (χ1v) is 8.39. The summed E-state index contributed by atoms with van der Waals surface area (Å²) in [6, 6.07) is 3.71. The van der Waals surface area contributed by atoms with Gasteiger partial charge in [0.2, 0.25) is 10.0 Å². The fourth-order valence-electron chi connectivity index (χ4n) is 2.37. The van der Waals surface area contributed by atoms with Crippen LogP contribution in [0.25, 0.3) is 0 Å². The second-order valence-corrected chi connectivity index (χ2v) is 7.28. The highest BCUT2D eigenvalue weighted by atomic mass is 32.2. The van der Waals surface area contributed by atoms with Gasteiger partial charge in [0.15, 0.2) is 11.5 Å². The van der Waals surface area contributed by atoms with Crippen molar-refractivity contribution in [1.82, 2.24) is 4.31 Å². The average Bonchev–Trinajstić information content (AvgIpc) is 2.43. The average molecular weight is 330 g/mol. The second-order valence-electron chi connectivity index (χ2n) is 4.78. The molecule has 0 radical (unpaired) electrons. The third kappa shape index (κ3) is 3.45. The summed E-state index contributed by atoms with van der Waals surface area (Å²) >= 11 is 4.70. The number of benzene rings is 1. The lowest BCUT2D eigenvalue weighted by molar-refractivity contribution is 0.349. The van der Waals surface area contributed by atoms with Gasteiger partial charge in [0.1, 0.15) is 5.75 Å². The number of hydrogen-bond donors (Lipinski definition) is 1. The van der Waals surface area contributed by atoms with Gasteiger partial charge >= 0.3 is 0 Å². The Morgan fingerprint density at radius 1 is 1.29 bits per heavy atom. The van der Waals surface area contributed by atoms with E-state index < -0.39 is 10.0 Å². The number of methoxy groups -OCH3 is 2. The maximum absolute atomic E-state index is 12.2. The molecule has 0 unspecified atom stereocenters. The Labute approximate surface area is 129 Å². The van der Waals surface area contributed by atoms with Gasteiger partial charge in [-0.2, -0.15) is 4.31 Å². The van der Waals surface area contributed by atoms with E-state index in [1.165, 1.54) is 4.31 Å². The quantitative estimate of drug-likeness (QED) is 0.800. The highest BCUT2D eigenvalue weighted by molar-refractivity contribution is 7.92. The Morgan fingerprint density at radius 2 is 1.86 bits per heavy atom. The highest BCUT2D eigenvalue weighted by Crippen LogP contribution is 2.33. The van der Waals surface area contributed by atoms with E-state index >= 15 is 0 Å². The topological polar surface area (TPSA) is 81.9 Å².